The van der Waals surface area contributed by atoms with Crippen LogP contribution in [0.4, 0.5) is 10.3 Å². The highest BCUT2D eigenvalue weighted by Gasteiger charge is 2.22. The predicted molar refractivity (Wildman–Crippen MR) is 124 cm³/mol. The summed E-state index contributed by atoms with van der Waals surface area (Å²) in [6.07, 6.45) is 6.86. The Morgan fingerprint density at radius 3 is 2.72 bits per heavy atom. The van der Waals surface area contributed by atoms with E-state index in [2.05, 4.69) is 11.1 Å². The highest BCUT2D eigenvalue weighted by Crippen LogP contribution is 2.19. The number of piperidine rings is 1. The molecule has 32 heavy (non-hydrogen) atoms. The van der Waals surface area contributed by atoms with Crippen LogP contribution in [0.1, 0.15) is 35.1 Å². The zero-order valence-electron chi connectivity index (χ0n) is 17.6. The van der Waals surface area contributed by atoms with E-state index in [0.29, 0.717) is 23.6 Å². The minimum atomic E-state index is -0.313. The number of hydrogen-bond donors (Lipinski definition) is 1. The Morgan fingerprint density at radius 2 is 1.97 bits per heavy atom. The van der Waals surface area contributed by atoms with Crippen molar-refractivity contribution in [1.29, 1.82) is 5.26 Å². The first-order valence-electron chi connectivity index (χ1n) is 10.6. The van der Waals surface area contributed by atoms with Crippen LogP contribution in [0.5, 0.6) is 0 Å². The second-order valence-corrected chi connectivity index (χ2v) is 7.91. The molecule has 1 aliphatic rings. The van der Waals surface area contributed by atoms with Crippen LogP contribution in [0.3, 0.4) is 0 Å². The van der Waals surface area contributed by atoms with E-state index in [1.807, 2.05) is 17.0 Å². The molecule has 1 fully saturated rings. The summed E-state index contributed by atoms with van der Waals surface area (Å²) in [5, 5.41) is 9.49. The summed E-state index contributed by atoms with van der Waals surface area (Å²) >= 11 is 0. The molecule has 2 aromatic carbocycles. The zero-order chi connectivity index (χ0) is 22.5. The highest BCUT2D eigenvalue weighted by molar-refractivity contribution is 5.69. The first-order valence-corrected chi connectivity index (χ1v) is 10.6. The molecule has 1 aromatic heterocycles. The minimum Gasteiger partial charge on any atom is -0.341 e. The predicted octanol–water partition coefficient (Wildman–Crippen LogP) is 3.40. The van der Waals surface area contributed by atoms with Gasteiger partial charge in [-0.3, -0.25) is 9.36 Å². The third-order valence-electron chi connectivity index (χ3n) is 5.58. The number of halogens is 1. The second-order valence-electron chi connectivity index (χ2n) is 7.91. The van der Waals surface area contributed by atoms with Gasteiger partial charge in [-0.2, -0.15) is 5.26 Å². The SMILES string of the molecule is N#Cc1ccccc1Cn1c(N2CCC[C@@H](N)C2)ncc(/C=C/c2ccc(F)cc2)c1=O. The average molecular weight is 429 g/mol. The van der Waals surface area contributed by atoms with E-state index >= 15 is 0 Å². The molecule has 4 rings (SSSR count). The number of benzene rings is 2. The molecule has 0 saturated carbocycles. The summed E-state index contributed by atoms with van der Waals surface area (Å²) in [4.78, 5) is 20.1. The minimum absolute atomic E-state index is 0.0264. The molecule has 1 atom stereocenters. The fraction of sp³-hybridized carbons (Fsp3) is 0.240. The summed E-state index contributed by atoms with van der Waals surface area (Å²) in [5.74, 6) is 0.239. The Bertz CT molecular complexity index is 1230. The van der Waals surface area contributed by atoms with Gasteiger partial charge in [-0.1, -0.05) is 36.4 Å². The van der Waals surface area contributed by atoms with Gasteiger partial charge >= 0.3 is 0 Å². The standard InChI is InChI=1S/C25H24FN5O/c26-22-11-8-18(9-12-22)7-10-20-15-29-25(30-13-3-6-23(28)17-30)31(24(20)32)16-21-5-2-1-4-19(21)14-27/h1-2,4-5,7-12,15,23H,3,6,13,16-17,28H2/b10-7+/t23-/m1/s1. The summed E-state index contributed by atoms with van der Waals surface area (Å²) in [6, 6.07) is 15.5. The van der Waals surface area contributed by atoms with E-state index in [9.17, 15) is 14.4 Å². The fourth-order valence-electron chi connectivity index (χ4n) is 3.90. The van der Waals surface area contributed by atoms with Crippen LogP contribution in [-0.2, 0) is 6.54 Å². The van der Waals surface area contributed by atoms with Crippen LogP contribution < -0.4 is 16.2 Å². The van der Waals surface area contributed by atoms with Crippen molar-refractivity contribution >= 4 is 18.1 Å². The monoisotopic (exact) mass is 429 g/mol. The van der Waals surface area contributed by atoms with Crippen molar-refractivity contribution in [2.45, 2.75) is 25.4 Å². The smallest absolute Gasteiger partial charge is 0.262 e. The maximum atomic E-state index is 13.5. The molecule has 0 aliphatic carbocycles. The van der Waals surface area contributed by atoms with Gasteiger partial charge < -0.3 is 10.6 Å². The normalized spacial score (nSPS) is 16.3. The third kappa shape index (κ3) is 4.76. The quantitative estimate of drug-likeness (QED) is 0.672. The lowest BCUT2D eigenvalue weighted by Gasteiger charge is -2.33. The van der Waals surface area contributed by atoms with Gasteiger partial charge in [0.15, 0.2) is 0 Å². The van der Waals surface area contributed by atoms with E-state index in [-0.39, 0.29) is 24.0 Å². The summed E-state index contributed by atoms with van der Waals surface area (Å²) in [6.45, 7) is 1.62. The highest BCUT2D eigenvalue weighted by atomic mass is 19.1. The molecule has 0 amide bonds. The molecule has 6 nitrogen and oxygen atoms in total. The van der Waals surface area contributed by atoms with Crippen LogP contribution in [0.15, 0.2) is 59.5 Å². The first kappa shape index (κ1) is 21.5. The number of aromatic nitrogens is 2. The van der Waals surface area contributed by atoms with Crippen LogP contribution in [0, 0.1) is 17.1 Å². The summed E-state index contributed by atoms with van der Waals surface area (Å²) in [5.41, 5.74) is 8.41. The van der Waals surface area contributed by atoms with Gasteiger partial charge in [0.05, 0.1) is 23.7 Å². The number of anilines is 1. The second kappa shape index (κ2) is 9.58. The van der Waals surface area contributed by atoms with Crippen molar-refractivity contribution in [3.63, 3.8) is 0 Å². The van der Waals surface area contributed by atoms with Crippen molar-refractivity contribution in [3.8, 4) is 6.07 Å². The number of hydrogen-bond acceptors (Lipinski definition) is 5. The first-order chi connectivity index (χ1) is 15.5. The number of nitrogens with two attached hydrogens (primary N) is 1. The lowest BCUT2D eigenvalue weighted by molar-refractivity contribution is 0.490. The Balaban J connectivity index is 1.75. The van der Waals surface area contributed by atoms with Crippen LogP contribution in [-0.4, -0.2) is 28.7 Å². The topological polar surface area (TPSA) is 87.9 Å². The Hall–Kier alpha value is -3.76. The lowest BCUT2D eigenvalue weighted by Crippen LogP contribution is -2.45. The maximum Gasteiger partial charge on any atom is 0.262 e. The van der Waals surface area contributed by atoms with Gasteiger partial charge in [0.1, 0.15) is 5.82 Å². The van der Waals surface area contributed by atoms with E-state index in [1.54, 1.807) is 47.2 Å². The van der Waals surface area contributed by atoms with E-state index in [1.165, 1.54) is 12.1 Å². The van der Waals surface area contributed by atoms with Gasteiger partial charge in [-0.05, 0) is 48.2 Å². The van der Waals surface area contributed by atoms with Gasteiger partial charge in [0.2, 0.25) is 5.95 Å². The average Bonchev–Trinajstić information content (AvgIpc) is 2.81. The van der Waals surface area contributed by atoms with Crippen molar-refractivity contribution in [3.05, 3.63) is 93.2 Å². The molecule has 2 heterocycles. The largest absolute Gasteiger partial charge is 0.341 e. The molecular weight excluding hydrogens is 405 g/mol. The van der Waals surface area contributed by atoms with E-state index in [0.717, 1.165) is 30.5 Å². The Kier molecular flexibility index (Phi) is 6.43. The van der Waals surface area contributed by atoms with Crippen molar-refractivity contribution < 1.29 is 4.39 Å². The van der Waals surface area contributed by atoms with Gasteiger partial charge in [-0.15, -0.1) is 0 Å². The van der Waals surface area contributed by atoms with Gasteiger partial charge in [-0.25, -0.2) is 9.37 Å². The van der Waals surface area contributed by atoms with Crippen molar-refractivity contribution in [1.82, 2.24) is 9.55 Å². The number of nitriles is 1. The van der Waals surface area contributed by atoms with Gasteiger partial charge in [0, 0.05) is 25.3 Å². The molecule has 3 aromatic rings. The van der Waals surface area contributed by atoms with Crippen LogP contribution in [0.25, 0.3) is 12.2 Å². The molecule has 0 spiro atoms. The van der Waals surface area contributed by atoms with E-state index in [4.69, 9.17) is 5.73 Å². The molecule has 1 saturated heterocycles. The fourth-order valence-corrected chi connectivity index (χ4v) is 3.90. The van der Waals surface area contributed by atoms with E-state index < -0.39 is 0 Å². The van der Waals surface area contributed by atoms with Crippen LogP contribution in [0.2, 0.25) is 0 Å². The molecule has 162 valence electrons. The zero-order valence-corrected chi connectivity index (χ0v) is 17.6. The molecule has 0 bridgehead atoms. The molecule has 7 heteroatoms. The molecule has 0 radical (unpaired) electrons. The van der Waals surface area contributed by atoms with Crippen molar-refractivity contribution in [2.24, 2.45) is 5.73 Å². The number of rotatable bonds is 5. The maximum absolute atomic E-state index is 13.5. The molecule has 0 unspecified atom stereocenters. The molecule has 1 aliphatic heterocycles. The third-order valence-corrected chi connectivity index (χ3v) is 5.58. The van der Waals surface area contributed by atoms with Crippen LogP contribution >= 0.6 is 0 Å². The number of nitrogens with zero attached hydrogens (tertiary/aromatic N) is 4. The Morgan fingerprint density at radius 1 is 1.19 bits per heavy atom. The van der Waals surface area contributed by atoms with Gasteiger partial charge in [0.25, 0.3) is 5.56 Å². The summed E-state index contributed by atoms with van der Waals surface area (Å²) in [7, 11) is 0. The van der Waals surface area contributed by atoms with Crippen molar-refractivity contribution in [2.75, 3.05) is 18.0 Å². The molecular formula is C25H24FN5O. The summed E-state index contributed by atoms with van der Waals surface area (Å²) < 4.78 is 14.8. The Labute approximate surface area is 186 Å². The molecule has 2 N–H and O–H groups in total. The lowest BCUT2D eigenvalue weighted by atomic mass is 10.1.